The highest BCUT2D eigenvalue weighted by molar-refractivity contribution is 5.40. The van der Waals surface area contributed by atoms with Gasteiger partial charge in [0.2, 0.25) is 0 Å². The molecule has 1 heterocycles. The van der Waals surface area contributed by atoms with Gasteiger partial charge in [0.05, 0.1) is 18.8 Å². The molecule has 1 aromatic heterocycles. The SMILES string of the molecule is CCn1nccc1C(NC)c1ccc(C)c(OC)c1. The Hall–Kier alpha value is -1.81. The van der Waals surface area contributed by atoms with E-state index in [0.29, 0.717) is 0 Å². The van der Waals surface area contributed by atoms with Crippen LogP contribution in [0.4, 0.5) is 0 Å². The summed E-state index contributed by atoms with van der Waals surface area (Å²) in [5.74, 6) is 0.917. The molecule has 4 heteroatoms. The van der Waals surface area contributed by atoms with E-state index in [9.17, 15) is 0 Å². The van der Waals surface area contributed by atoms with Crippen molar-refractivity contribution in [2.45, 2.75) is 26.4 Å². The summed E-state index contributed by atoms with van der Waals surface area (Å²) in [6.45, 7) is 5.01. The fourth-order valence-corrected chi connectivity index (χ4v) is 2.35. The van der Waals surface area contributed by atoms with Gasteiger partial charge >= 0.3 is 0 Å². The largest absolute Gasteiger partial charge is 0.496 e. The number of hydrogen-bond donors (Lipinski definition) is 1. The maximum atomic E-state index is 5.40. The maximum Gasteiger partial charge on any atom is 0.122 e. The Bertz CT molecular complexity index is 548. The molecule has 1 N–H and O–H groups in total. The van der Waals surface area contributed by atoms with Crippen molar-refractivity contribution in [2.75, 3.05) is 14.2 Å². The summed E-state index contributed by atoms with van der Waals surface area (Å²) in [5, 5.41) is 7.68. The van der Waals surface area contributed by atoms with Gasteiger partial charge in [-0.25, -0.2) is 0 Å². The van der Waals surface area contributed by atoms with Crippen molar-refractivity contribution in [1.82, 2.24) is 15.1 Å². The van der Waals surface area contributed by atoms with E-state index in [0.717, 1.165) is 23.6 Å². The minimum Gasteiger partial charge on any atom is -0.496 e. The van der Waals surface area contributed by atoms with E-state index >= 15 is 0 Å². The first-order valence-electron chi connectivity index (χ1n) is 6.54. The second-order valence-corrected chi connectivity index (χ2v) is 4.52. The van der Waals surface area contributed by atoms with Crippen molar-refractivity contribution in [1.29, 1.82) is 0 Å². The smallest absolute Gasteiger partial charge is 0.122 e. The molecule has 0 aliphatic heterocycles. The fraction of sp³-hybridized carbons (Fsp3) is 0.400. The van der Waals surface area contributed by atoms with Gasteiger partial charge in [-0.1, -0.05) is 12.1 Å². The minimum atomic E-state index is 0.122. The maximum absolute atomic E-state index is 5.40. The van der Waals surface area contributed by atoms with Gasteiger partial charge in [-0.05, 0) is 44.2 Å². The summed E-state index contributed by atoms with van der Waals surface area (Å²) in [7, 11) is 3.67. The van der Waals surface area contributed by atoms with Gasteiger partial charge in [-0.2, -0.15) is 5.10 Å². The first-order chi connectivity index (χ1) is 9.21. The summed E-state index contributed by atoms with van der Waals surface area (Å²) in [5.41, 5.74) is 3.49. The minimum absolute atomic E-state index is 0.122. The Morgan fingerprint density at radius 1 is 1.37 bits per heavy atom. The summed E-state index contributed by atoms with van der Waals surface area (Å²) in [6.07, 6.45) is 1.84. The van der Waals surface area contributed by atoms with Crippen molar-refractivity contribution in [2.24, 2.45) is 0 Å². The predicted octanol–water partition coefficient (Wildman–Crippen LogP) is 2.53. The second-order valence-electron chi connectivity index (χ2n) is 4.52. The van der Waals surface area contributed by atoms with Gasteiger partial charge in [0.15, 0.2) is 0 Å². The highest BCUT2D eigenvalue weighted by Gasteiger charge is 2.17. The first kappa shape index (κ1) is 13.6. The van der Waals surface area contributed by atoms with Crippen LogP contribution in [0.25, 0.3) is 0 Å². The van der Waals surface area contributed by atoms with E-state index in [1.165, 1.54) is 5.56 Å². The van der Waals surface area contributed by atoms with Crippen LogP contribution in [-0.2, 0) is 6.54 Å². The van der Waals surface area contributed by atoms with E-state index in [2.05, 4.69) is 41.6 Å². The van der Waals surface area contributed by atoms with E-state index in [-0.39, 0.29) is 6.04 Å². The molecule has 0 amide bonds. The monoisotopic (exact) mass is 259 g/mol. The molecule has 0 bridgehead atoms. The Morgan fingerprint density at radius 3 is 2.79 bits per heavy atom. The van der Waals surface area contributed by atoms with Crippen molar-refractivity contribution >= 4 is 0 Å². The van der Waals surface area contributed by atoms with E-state index in [4.69, 9.17) is 4.74 Å². The molecule has 1 unspecified atom stereocenters. The predicted molar refractivity (Wildman–Crippen MR) is 76.5 cm³/mol. The summed E-state index contributed by atoms with van der Waals surface area (Å²) in [4.78, 5) is 0. The molecule has 0 radical (unpaired) electrons. The topological polar surface area (TPSA) is 39.1 Å². The van der Waals surface area contributed by atoms with Crippen LogP contribution in [0.5, 0.6) is 5.75 Å². The Morgan fingerprint density at radius 2 is 2.16 bits per heavy atom. The van der Waals surface area contributed by atoms with Gasteiger partial charge < -0.3 is 10.1 Å². The molecule has 0 aliphatic rings. The average molecular weight is 259 g/mol. The van der Waals surface area contributed by atoms with Crippen LogP contribution < -0.4 is 10.1 Å². The third kappa shape index (κ3) is 2.63. The van der Waals surface area contributed by atoms with Crippen LogP contribution >= 0.6 is 0 Å². The van der Waals surface area contributed by atoms with Crippen molar-refractivity contribution < 1.29 is 4.74 Å². The van der Waals surface area contributed by atoms with Gasteiger partial charge in [0.25, 0.3) is 0 Å². The van der Waals surface area contributed by atoms with Crippen molar-refractivity contribution in [3.05, 3.63) is 47.3 Å². The van der Waals surface area contributed by atoms with Crippen molar-refractivity contribution in [3.63, 3.8) is 0 Å². The molecule has 19 heavy (non-hydrogen) atoms. The lowest BCUT2D eigenvalue weighted by atomic mass is 10.0. The van der Waals surface area contributed by atoms with Gasteiger partial charge in [0.1, 0.15) is 5.75 Å². The lowest BCUT2D eigenvalue weighted by Gasteiger charge is -2.19. The van der Waals surface area contributed by atoms with Crippen LogP contribution in [-0.4, -0.2) is 23.9 Å². The Labute approximate surface area is 114 Å². The Kier molecular flexibility index (Phi) is 4.22. The molecule has 0 spiro atoms. The molecule has 2 aromatic rings. The number of aryl methyl sites for hydroxylation is 2. The number of nitrogens with one attached hydrogen (secondary N) is 1. The van der Waals surface area contributed by atoms with Gasteiger partial charge in [-0.3, -0.25) is 4.68 Å². The Balaban J connectivity index is 2.42. The van der Waals surface area contributed by atoms with Gasteiger partial charge in [-0.15, -0.1) is 0 Å². The molecular weight excluding hydrogens is 238 g/mol. The van der Waals surface area contributed by atoms with Crippen molar-refractivity contribution in [3.8, 4) is 5.75 Å². The zero-order valence-electron chi connectivity index (χ0n) is 12.0. The lowest BCUT2D eigenvalue weighted by molar-refractivity contribution is 0.410. The molecular formula is C15H21N3O. The van der Waals surface area contributed by atoms with Crippen LogP contribution in [0.3, 0.4) is 0 Å². The third-order valence-corrected chi connectivity index (χ3v) is 3.40. The van der Waals surface area contributed by atoms with Crippen LogP contribution in [0.15, 0.2) is 30.5 Å². The zero-order valence-corrected chi connectivity index (χ0v) is 12.0. The molecule has 1 aromatic carbocycles. The third-order valence-electron chi connectivity index (χ3n) is 3.40. The standard InChI is InChI=1S/C15H21N3O/c1-5-18-13(8-9-17-18)15(16-3)12-7-6-11(2)14(10-12)19-4/h6-10,15-16H,5H2,1-4H3. The summed E-state index contributed by atoms with van der Waals surface area (Å²) in [6, 6.07) is 8.48. The number of rotatable bonds is 5. The average Bonchev–Trinajstić information content (AvgIpc) is 2.89. The molecule has 0 saturated heterocycles. The van der Waals surface area contributed by atoms with Crippen LogP contribution in [0.2, 0.25) is 0 Å². The molecule has 0 aliphatic carbocycles. The van der Waals surface area contributed by atoms with E-state index < -0.39 is 0 Å². The van der Waals surface area contributed by atoms with E-state index in [1.807, 2.05) is 24.9 Å². The number of hydrogen-bond acceptors (Lipinski definition) is 3. The van der Waals surface area contributed by atoms with Gasteiger partial charge in [0, 0.05) is 12.7 Å². The van der Waals surface area contributed by atoms with E-state index in [1.54, 1.807) is 7.11 Å². The van der Waals surface area contributed by atoms with Crippen LogP contribution in [0.1, 0.15) is 29.8 Å². The summed E-state index contributed by atoms with van der Waals surface area (Å²) < 4.78 is 7.41. The number of methoxy groups -OCH3 is 1. The zero-order chi connectivity index (χ0) is 13.8. The normalized spacial score (nSPS) is 12.4. The molecule has 4 nitrogen and oxygen atoms in total. The molecule has 2 rings (SSSR count). The molecule has 0 fully saturated rings. The number of ether oxygens (including phenoxy) is 1. The molecule has 1 atom stereocenters. The number of nitrogens with zero attached hydrogens (tertiary/aromatic N) is 2. The highest BCUT2D eigenvalue weighted by Crippen LogP contribution is 2.27. The highest BCUT2D eigenvalue weighted by atomic mass is 16.5. The fourth-order valence-electron chi connectivity index (χ4n) is 2.35. The lowest BCUT2D eigenvalue weighted by Crippen LogP contribution is -2.21. The second kappa shape index (κ2) is 5.89. The number of benzene rings is 1. The first-order valence-corrected chi connectivity index (χ1v) is 6.54. The quantitative estimate of drug-likeness (QED) is 0.897. The number of aromatic nitrogens is 2. The van der Waals surface area contributed by atoms with Crippen LogP contribution in [0, 0.1) is 6.92 Å². The summed E-state index contributed by atoms with van der Waals surface area (Å²) >= 11 is 0. The molecule has 102 valence electrons. The molecule has 0 saturated carbocycles.